The second-order valence-electron chi connectivity index (χ2n) is 5.36. The van der Waals surface area contributed by atoms with Gasteiger partial charge in [0.05, 0.1) is 16.7 Å². The minimum absolute atomic E-state index is 0.453. The van der Waals surface area contributed by atoms with Gasteiger partial charge >= 0.3 is 5.97 Å². The second-order valence-corrected chi connectivity index (χ2v) is 6.21. The maximum Gasteiger partial charge on any atom is 0.311 e. The number of benzene rings is 1. The van der Waals surface area contributed by atoms with E-state index in [4.69, 9.17) is 0 Å². The van der Waals surface area contributed by atoms with Crippen molar-refractivity contribution in [1.82, 2.24) is 0 Å². The maximum atomic E-state index is 11.4. The molecule has 20 heavy (non-hydrogen) atoms. The molecule has 0 spiro atoms. The normalized spacial score (nSPS) is 22.4. The zero-order valence-corrected chi connectivity index (χ0v) is 12.5. The summed E-state index contributed by atoms with van der Waals surface area (Å²) in [5.41, 5.74) is 0.765. The molecular formula is C15H18N2O2S. The Morgan fingerprint density at radius 3 is 2.90 bits per heavy atom. The van der Waals surface area contributed by atoms with Crippen molar-refractivity contribution in [3.63, 3.8) is 0 Å². The van der Waals surface area contributed by atoms with Gasteiger partial charge in [-0.15, -0.1) is 11.8 Å². The Bertz CT molecular complexity index is 567. The predicted molar refractivity (Wildman–Crippen MR) is 80.1 cm³/mol. The van der Waals surface area contributed by atoms with Crippen LogP contribution in [0.15, 0.2) is 23.1 Å². The van der Waals surface area contributed by atoms with Gasteiger partial charge in [0.25, 0.3) is 0 Å². The number of carboxylic acid groups (broad SMARTS) is 1. The van der Waals surface area contributed by atoms with Gasteiger partial charge in [-0.2, -0.15) is 5.26 Å². The van der Waals surface area contributed by atoms with Crippen LogP contribution in [0, 0.1) is 16.7 Å². The van der Waals surface area contributed by atoms with E-state index < -0.39 is 11.4 Å². The summed E-state index contributed by atoms with van der Waals surface area (Å²) >= 11 is 1.54. The van der Waals surface area contributed by atoms with Crippen molar-refractivity contribution < 1.29 is 9.90 Å². The Balaban J connectivity index is 2.37. The first-order chi connectivity index (χ1) is 9.51. The van der Waals surface area contributed by atoms with Crippen LogP contribution in [0.2, 0.25) is 0 Å². The lowest BCUT2D eigenvalue weighted by molar-refractivity contribution is -0.148. The van der Waals surface area contributed by atoms with Gasteiger partial charge in [-0.25, -0.2) is 0 Å². The Morgan fingerprint density at radius 2 is 2.30 bits per heavy atom. The zero-order chi connectivity index (χ0) is 14.8. The number of nitriles is 1. The summed E-state index contributed by atoms with van der Waals surface area (Å²) in [6.07, 6.45) is 3.46. The van der Waals surface area contributed by atoms with Crippen LogP contribution in [-0.2, 0) is 4.79 Å². The highest BCUT2D eigenvalue weighted by molar-refractivity contribution is 7.98. The van der Waals surface area contributed by atoms with Crippen LogP contribution < -0.4 is 4.90 Å². The van der Waals surface area contributed by atoms with Crippen molar-refractivity contribution >= 4 is 23.4 Å². The van der Waals surface area contributed by atoms with Gasteiger partial charge in [0.15, 0.2) is 0 Å². The molecule has 4 nitrogen and oxygen atoms in total. The number of hydrogen-bond donors (Lipinski definition) is 1. The van der Waals surface area contributed by atoms with Crippen molar-refractivity contribution in [2.45, 2.75) is 24.7 Å². The fourth-order valence-electron chi connectivity index (χ4n) is 2.69. The lowest BCUT2D eigenvalue weighted by atomic mass is 9.81. The standard InChI is InChI=1S/C15H18N2O2S/c1-15(14(18)19)7-4-8-17(10-15)12-5-3-6-13(20-2)11(12)9-16/h3,5-6H,4,7-8,10H2,1-2H3,(H,18,19). The van der Waals surface area contributed by atoms with E-state index in [9.17, 15) is 15.2 Å². The van der Waals surface area contributed by atoms with Crippen molar-refractivity contribution in [2.24, 2.45) is 5.41 Å². The molecular weight excluding hydrogens is 272 g/mol. The molecule has 1 unspecified atom stereocenters. The fraction of sp³-hybridized carbons (Fsp3) is 0.467. The van der Waals surface area contributed by atoms with E-state index in [0.717, 1.165) is 23.5 Å². The first-order valence-corrected chi connectivity index (χ1v) is 7.80. The van der Waals surface area contributed by atoms with Crippen LogP contribution in [0.1, 0.15) is 25.3 Å². The highest BCUT2D eigenvalue weighted by Crippen LogP contribution is 2.36. The van der Waals surface area contributed by atoms with E-state index in [-0.39, 0.29) is 0 Å². The first kappa shape index (κ1) is 14.7. The van der Waals surface area contributed by atoms with Gasteiger partial charge in [-0.1, -0.05) is 6.07 Å². The number of nitrogens with zero attached hydrogens (tertiary/aromatic N) is 2. The van der Waals surface area contributed by atoms with Crippen LogP contribution in [-0.4, -0.2) is 30.4 Å². The minimum atomic E-state index is -0.762. The van der Waals surface area contributed by atoms with E-state index in [1.54, 1.807) is 6.92 Å². The van der Waals surface area contributed by atoms with Gasteiger partial charge in [0.2, 0.25) is 0 Å². The largest absolute Gasteiger partial charge is 0.481 e. The monoisotopic (exact) mass is 290 g/mol. The molecule has 0 aromatic heterocycles. The molecule has 1 aliphatic heterocycles. The van der Waals surface area contributed by atoms with Crippen molar-refractivity contribution in [2.75, 3.05) is 24.2 Å². The van der Waals surface area contributed by atoms with E-state index in [0.29, 0.717) is 18.5 Å². The summed E-state index contributed by atoms with van der Waals surface area (Å²) in [5, 5.41) is 18.8. The Kier molecular flexibility index (Phi) is 4.24. The number of carbonyl (C=O) groups is 1. The fourth-order valence-corrected chi connectivity index (χ4v) is 3.25. The van der Waals surface area contributed by atoms with Gasteiger partial charge in [0, 0.05) is 18.0 Å². The summed E-state index contributed by atoms with van der Waals surface area (Å²) in [7, 11) is 0. The Labute approximate surface area is 123 Å². The zero-order valence-electron chi connectivity index (χ0n) is 11.7. The molecule has 1 aromatic rings. The van der Waals surface area contributed by atoms with Gasteiger partial charge in [0.1, 0.15) is 6.07 Å². The number of anilines is 1. The molecule has 0 saturated carbocycles. The predicted octanol–water partition coefficient (Wildman–Crippen LogP) is 2.97. The number of rotatable bonds is 3. The second kappa shape index (κ2) is 5.76. The summed E-state index contributed by atoms with van der Waals surface area (Å²) in [4.78, 5) is 14.4. The number of hydrogen-bond acceptors (Lipinski definition) is 4. The smallest absolute Gasteiger partial charge is 0.311 e. The summed E-state index contributed by atoms with van der Waals surface area (Å²) < 4.78 is 0. The van der Waals surface area contributed by atoms with Crippen LogP contribution in [0.3, 0.4) is 0 Å². The van der Waals surface area contributed by atoms with Crippen LogP contribution in [0.4, 0.5) is 5.69 Å². The van der Waals surface area contributed by atoms with Crippen LogP contribution in [0.25, 0.3) is 0 Å². The highest BCUT2D eigenvalue weighted by Gasteiger charge is 2.38. The third-order valence-corrected chi connectivity index (χ3v) is 4.67. The van der Waals surface area contributed by atoms with E-state index in [1.807, 2.05) is 29.4 Å². The van der Waals surface area contributed by atoms with Crippen molar-refractivity contribution in [3.05, 3.63) is 23.8 Å². The Hall–Kier alpha value is -1.67. The molecule has 1 aromatic carbocycles. The quantitative estimate of drug-likeness (QED) is 0.867. The number of carboxylic acids is 1. The summed E-state index contributed by atoms with van der Waals surface area (Å²) in [5.74, 6) is -0.762. The third kappa shape index (κ3) is 2.61. The van der Waals surface area contributed by atoms with Crippen LogP contribution in [0.5, 0.6) is 0 Å². The van der Waals surface area contributed by atoms with E-state index >= 15 is 0 Å². The molecule has 1 fully saturated rings. The molecule has 1 saturated heterocycles. The van der Waals surface area contributed by atoms with Crippen molar-refractivity contribution in [3.8, 4) is 6.07 Å². The average molecular weight is 290 g/mol. The Morgan fingerprint density at radius 1 is 1.55 bits per heavy atom. The molecule has 1 aliphatic rings. The number of aliphatic carboxylic acids is 1. The van der Waals surface area contributed by atoms with Crippen molar-refractivity contribution in [1.29, 1.82) is 5.26 Å². The third-order valence-electron chi connectivity index (χ3n) is 3.89. The minimum Gasteiger partial charge on any atom is -0.481 e. The number of piperidine rings is 1. The molecule has 1 atom stereocenters. The van der Waals surface area contributed by atoms with Gasteiger partial charge in [-0.3, -0.25) is 4.79 Å². The van der Waals surface area contributed by atoms with E-state index in [1.165, 1.54) is 11.8 Å². The molecule has 5 heteroatoms. The molecule has 0 amide bonds. The average Bonchev–Trinajstić information content (AvgIpc) is 2.46. The molecule has 106 valence electrons. The molecule has 2 rings (SSSR count). The lowest BCUT2D eigenvalue weighted by Crippen LogP contribution is -2.46. The first-order valence-electron chi connectivity index (χ1n) is 6.57. The lowest BCUT2D eigenvalue weighted by Gasteiger charge is -2.39. The molecule has 0 aliphatic carbocycles. The molecule has 0 bridgehead atoms. The van der Waals surface area contributed by atoms with E-state index in [2.05, 4.69) is 6.07 Å². The van der Waals surface area contributed by atoms with Gasteiger partial charge < -0.3 is 10.0 Å². The molecule has 1 N–H and O–H groups in total. The highest BCUT2D eigenvalue weighted by atomic mass is 32.2. The maximum absolute atomic E-state index is 11.4. The van der Waals surface area contributed by atoms with Crippen LogP contribution >= 0.6 is 11.8 Å². The summed E-state index contributed by atoms with van der Waals surface area (Å²) in [6, 6.07) is 8.02. The molecule has 0 radical (unpaired) electrons. The molecule has 1 heterocycles. The SMILES string of the molecule is CSc1cccc(N2CCCC(C)(C(=O)O)C2)c1C#N. The number of thioether (sulfide) groups is 1. The topological polar surface area (TPSA) is 64.3 Å². The van der Waals surface area contributed by atoms with Gasteiger partial charge in [-0.05, 0) is 38.2 Å². The summed E-state index contributed by atoms with van der Waals surface area (Å²) in [6.45, 7) is 3.04.